The van der Waals surface area contributed by atoms with Gasteiger partial charge in [-0.25, -0.2) is 4.99 Å². The van der Waals surface area contributed by atoms with Crippen molar-refractivity contribution in [3.05, 3.63) is 28.8 Å². The number of rotatable bonds is 3. The van der Waals surface area contributed by atoms with E-state index in [1.54, 1.807) is 13.2 Å². The van der Waals surface area contributed by atoms with E-state index < -0.39 is 0 Å². The monoisotopic (exact) mass is 397 g/mol. The number of halogens is 2. The van der Waals surface area contributed by atoms with Crippen molar-refractivity contribution in [1.82, 2.24) is 9.80 Å². The Morgan fingerprint density at radius 1 is 1.21 bits per heavy atom. The largest absolute Gasteiger partial charge is 0.496 e. The fourth-order valence-corrected chi connectivity index (χ4v) is 1.85. The molecule has 0 N–H and O–H groups in total. The Morgan fingerprint density at radius 3 is 2.26 bits per heavy atom. The van der Waals surface area contributed by atoms with Gasteiger partial charge in [-0.1, -0.05) is 17.7 Å². The van der Waals surface area contributed by atoms with Crippen LogP contribution in [0.1, 0.15) is 5.56 Å². The number of benzene rings is 1. The molecule has 0 fully saturated rings. The summed E-state index contributed by atoms with van der Waals surface area (Å²) in [6.45, 7) is 0.562. The molecule has 19 heavy (non-hydrogen) atoms. The first-order chi connectivity index (χ1) is 8.45. The van der Waals surface area contributed by atoms with E-state index in [4.69, 9.17) is 16.3 Å². The summed E-state index contributed by atoms with van der Waals surface area (Å²) in [5.74, 6) is 1.68. The zero-order chi connectivity index (χ0) is 13.7. The molecule has 0 spiro atoms. The van der Waals surface area contributed by atoms with E-state index in [0.717, 1.165) is 17.3 Å². The first-order valence-electron chi connectivity index (χ1n) is 5.67. The lowest BCUT2D eigenvalue weighted by Crippen LogP contribution is -2.35. The molecule has 0 aliphatic carbocycles. The summed E-state index contributed by atoms with van der Waals surface area (Å²) in [5.41, 5.74) is 1.02. The Balaban J connectivity index is 0.00000324. The fourth-order valence-electron chi connectivity index (χ4n) is 1.69. The highest BCUT2D eigenvalue weighted by atomic mass is 127. The molecule has 1 rings (SSSR count). The maximum atomic E-state index is 5.93. The van der Waals surface area contributed by atoms with Crippen LogP contribution in [0.25, 0.3) is 0 Å². The minimum atomic E-state index is 0. The third-order valence-electron chi connectivity index (χ3n) is 2.44. The Labute approximate surface area is 137 Å². The van der Waals surface area contributed by atoms with Crippen molar-refractivity contribution in [2.45, 2.75) is 6.54 Å². The second-order valence-corrected chi connectivity index (χ2v) is 4.80. The van der Waals surface area contributed by atoms with E-state index in [1.165, 1.54) is 0 Å². The van der Waals surface area contributed by atoms with Gasteiger partial charge in [0.15, 0.2) is 5.96 Å². The third kappa shape index (κ3) is 5.44. The number of methoxy groups -OCH3 is 1. The molecular weight excluding hydrogens is 377 g/mol. The van der Waals surface area contributed by atoms with Crippen LogP contribution in [0.4, 0.5) is 0 Å². The Kier molecular flexibility index (Phi) is 8.17. The molecule has 1 aromatic rings. The van der Waals surface area contributed by atoms with Crippen LogP contribution >= 0.6 is 35.6 Å². The summed E-state index contributed by atoms with van der Waals surface area (Å²) in [6, 6.07) is 5.59. The summed E-state index contributed by atoms with van der Waals surface area (Å²) >= 11 is 5.93. The molecule has 0 aliphatic rings. The van der Waals surface area contributed by atoms with Crippen molar-refractivity contribution >= 4 is 41.5 Å². The predicted molar refractivity (Wildman–Crippen MR) is 91.9 cm³/mol. The first kappa shape index (κ1) is 18.3. The quantitative estimate of drug-likeness (QED) is 0.446. The lowest BCUT2D eigenvalue weighted by molar-refractivity contribution is 0.409. The Morgan fingerprint density at radius 2 is 1.79 bits per heavy atom. The van der Waals surface area contributed by atoms with Crippen molar-refractivity contribution in [2.24, 2.45) is 4.99 Å². The van der Waals surface area contributed by atoms with Gasteiger partial charge in [0, 0.05) is 38.8 Å². The molecule has 0 bridgehead atoms. The van der Waals surface area contributed by atoms with Crippen LogP contribution in [-0.2, 0) is 6.54 Å². The number of aliphatic imine (C=N–C) groups is 1. The predicted octanol–water partition coefficient (Wildman–Crippen LogP) is 2.95. The smallest absolute Gasteiger partial charge is 0.195 e. The first-order valence-corrected chi connectivity index (χ1v) is 6.05. The molecule has 4 nitrogen and oxygen atoms in total. The number of hydrogen-bond donors (Lipinski definition) is 0. The number of guanidine groups is 1. The van der Waals surface area contributed by atoms with Gasteiger partial charge in [0.1, 0.15) is 5.75 Å². The highest BCUT2D eigenvalue weighted by Gasteiger charge is 2.07. The van der Waals surface area contributed by atoms with Crippen LogP contribution in [-0.4, -0.2) is 51.1 Å². The number of ether oxygens (including phenoxy) is 1. The minimum absolute atomic E-state index is 0. The van der Waals surface area contributed by atoms with Crippen LogP contribution < -0.4 is 4.74 Å². The molecule has 0 amide bonds. The average Bonchev–Trinajstić information content (AvgIpc) is 2.30. The van der Waals surface area contributed by atoms with Gasteiger partial charge >= 0.3 is 0 Å². The van der Waals surface area contributed by atoms with E-state index in [0.29, 0.717) is 11.6 Å². The number of nitrogens with zero attached hydrogens (tertiary/aromatic N) is 3. The molecule has 0 saturated carbocycles. The lowest BCUT2D eigenvalue weighted by atomic mass is 10.2. The highest BCUT2D eigenvalue weighted by molar-refractivity contribution is 14.0. The molecular formula is C13H21ClIN3O. The van der Waals surface area contributed by atoms with Crippen LogP contribution in [0.2, 0.25) is 5.02 Å². The number of hydrogen-bond acceptors (Lipinski definition) is 2. The van der Waals surface area contributed by atoms with Crippen molar-refractivity contribution in [1.29, 1.82) is 0 Å². The van der Waals surface area contributed by atoms with E-state index in [2.05, 4.69) is 4.99 Å². The van der Waals surface area contributed by atoms with Crippen LogP contribution in [0.3, 0.4) is 0 Å². The molecule has 0 atom stereocenters. The van der Waals surface area contributed by atoms with Gasteiger partial charge < -0.3 is 14.5 Å². The summed E-state index contributed by atoms with van der Waals surface area (Å²) < 4.78 is 5.30. The van der Waals surface area contributed by atoms with E-state index >= 15 is 0 Å². The standard InChI is InChI=1S/C13H20ClN3O.HI/c1-16(2)13(17(3)4)15-9-10-6-7-11(14)8-12(10)18-5;/h6-8H,9H2,1-5H3;1H. The van der Waals surface area contributed by atoms with Crippen molar-refractivity contribution in [3.8, 4) is 5.75 Å². The zero-order valence-electron chi connectivity index (χ0n) is 12.0. The molecule has 0 aromatic heterocycles. The van der Waals surface area contributed by atoms with Crippen molar-refractivity contribution < 1.29 is 4.74 Å². The van der Waals surface area contributed by atoms with Gasteiger partial charge in [-0.15, -0.1) is 24.0 Å². The van der Waals surface area contributed by atoms with E-state index in [9.17, 15) is 0 Å². The van der Waals surface area contributed by atoms with E-state index in [1.807, 2.05) is 50.1 Å². The Bertz CT molecular complexity index is 426. The van der Waals surface area contributed by atoms with Crippen molar-refractivity contribution in [3.63, 3.8) is 0 Å². The molecule has 6 heteroatoms. The van der Waals surface area contributed by atoms with Gasteiger partial charge in [-0.3, -0.25) is 0 Å². The maximum absolute atomic E-state index is 5.93. The summed E-state index contributed by atoms with van der Waals surface area (Å²) in [7, 11) is 9.52. The fraction of sp³-hybridized carbons (Fsp3) is 0.462. The second kappa shape index (κ2) is 8.47. The minimum Gasteiger partial charge on any atom is -0.496 e. The molecule has 0 saturated heterocycles. The van der Waals surface area contributed by atoms with E-state index in [-0.39, 0.29) is 24.0 Å². The molecule has 0 heterocycles. The van der Waals surface area contributed by atoms with Crippen LogP contribution in [0.5, 0.6) is 5.75 Å². The zero-order valence-corrected chi connectivity index (χ0v) is 15.1. The highest BCUT2D eigenvalue weighted by Crippen LogP contribution is 2.23. The summed E-state index contributed by atoms with van der Waals surface area (Å²) in [5, 5.41) is 0.667. The normalized spacial score (nSPS) is 9.37. The Hall–Kier alpha value is -0.690. The van der Waals surface area contributed by atoms with Gasteiger partial charge in [0.25, 0.3) is 0 Å². The molecule has 0 aliphatic heterocycles. The average molecular weight is 398 g/mol. The van der Waals surface area contributed by atoms with Crippen LogP contribution in [0, 0.1) is 0 Å². The third-order valence-corrected chi connectivity index (χ3v) is 2.68. The molecule has 1 aromatic carbocycles. The van der Waals surface area contributed by atoms with Gasteiger partial charge in [-0.05, 0) is 12.1 Å². The van der Waals surface area contributed by atoms with Gasteiger partial charge in [0.2, 0.25) is 0 Å². The van der Waals surface area contributed by atoms with Gasteiger partial charge in [-0.2, -0.15) is 0 Å². The summed E-state index contributed by atoms with van der Waals surface area (Å²) in [4.78, 5) is 8.53. The summed E-state index contributed by atoms with van der Waals surface area (Å²) in [6.07, 6.45) is 0. The molecule has 0 radical (unpaired) electrons. The lowest BCUT2D eigenvalue weighted by Gasteiger charge is -2.22. The second-order valence-electron chi connectivity index (χ2n) is 4.36. The maximum Gasteiger partial charge on any atom is 0.195 e. The SMILES string of the molecule is COc1cc(Cl)ccc1CN=C(N(C)C)N(C)C.I. The molecule has 0 unspecified atom stereocenters. The van der Waals surface area contributed by atoms with Crippen LogP contribution in [0.15, 0.2) is 23.2 Å². The topological polar surface area (TPSA) is 28.1 Å². The molecule has 108 valence electrons. The van der Waals surface area contributed by atoms with Crippen molar-refractivity contribution in [2.75, 3.05) is 35.3 Å². The van der Waals surface area contributed by atoms with Gasteiger partial charge in [0.05, 0.1) is 13.7 Å².